The van der Waals surface area contributed by atoms with Gasteiger partial charge >= 0.3 is 0 Å². The maximum Gasteiger partial charge on any atom is 0.253 e. The largest absolute Gasteiger partial charge is 0.457 e. The first-order valence-corrected chi connectivity index (χ1v) is 11.9. The van der Waals surface area contributed by atoms with Gasteiger partial charge in [0, 0.05) is 43.0 Å². The van der Waals surface area contributed by atoms with E-state index in [0.717, 1.165) is 40.8 Å². The van der Waals surface area contributed by atoms with Crippen molar-refractivity contribution in [2.45, 2.75) is 58.9 Å². The van der Waals surface area contributed by atoms with Crippen molar-refractivity contribution in [1.82, 2.24) is 9.88 Å². The van der Waals surface area contributed by atoms with Gasteiger partial charge < -0.3 is 19.4 Å². The number of anilines is 1. The summed E-state index contributed by atoms with van der Waals surface area (Å²) in [5, 5.41) is 3.66. The van der Waals surface area contributed by atoms with Crippen LogP contribution in [0.15, 0.2) is 47.0 Å². The van der Waals surface area contributed by atoms with Crippen LogP contribution in [-0.2, 0) is 4.79 Å². The maximum atomic E-state index is 12.6. The Balaban J connectivity index is 1.83. The molecule has 3 aromatic rings. The molecule has 0 aliphatic rings. The van der Waals surface area contributed by atoms with E-state index >= 15 is 0 Å². The van der Waals surface area contributed by atoms with Gasteiger partial charge in [0.05, 0.1) is 6.04 Å². The Hall–Kier alpha value is -3.15. The predicted octanol–water partition coefficient (Wildman–Crippen LogP) is 6.17. The Morgan fingerprint density at radius 2 is 1.97 bits per heavy atom. The minimum atomic E-state index is -0.0907. The first kappa shape index (κ1) is 24.5. The molecule has 0 saturated carbocycles. The molecule has 6 heteroatoms. The number of rotatable bonds is 12. The van der Waals surface area contributed by atoms with Crippen LogP contribution in [0.2, 0.25) is 0 Å². The van der Waals surface area contributed by atoms with Crippen molar-refractivity contribution in [2.24, 2.45) is 5.92 Å². The van der Waals surface area contributed by atoms with Gasteiger partial charge in [-0.05, 0) is 55.7 Å². The number of benzene rings is 1. The van der Waals surface area contributed by atoms with Gasteiger partial charge in [-0.1, -0.05) is 33.1 Å². The zero-order chi connectivity index (χ0) is 23.8. The van der Waals surface area contributed by atoms with Crippen LogP contribution in [0.4, 0.5) is 5.69 Å². The molecular formula is C27H35N3O3. The molecule has 0 saturated heterocycles. The van der Waals surface area contributed by atoms with Crippen LogP contribution in [-0.4, -0.2) is 35.7 Å². The van der Waals surface area contributed by atoms with Crippen LogP contribution in [0.1, 0.15) is 73.7 Å². The summed E-state index contributed by atoms with van der Waals surface area (Å²) in [5.41, 5.74) is 4.30. The van der Waals surface area contributed by atoms with Crippen LogP contribution >= 0.6 is 0 Å². The lowest BCUT2D eigenvalue weighted by molar-refractivity contribution is -0.108. The molecule has 2 unspecified atom stereocenters. The normalized spacial score (nSPS) is 13.0. The zero-order valence-electron chi connectivity index (χ0n) is 20.1. The number of aldehydes is 1. The van der Waals surface area contributed by atoms with Gasteiger partial charge in [0.2, 0.25) is 0 Å². The number of hydrogen-bond donors (Lipinski definition) is 1. The summed E-state index contributed by atoms with van der Waals surface area (Å²) in [6.45, 7) is 6.96. The van der Waals surface area contributed by atoms with E-state index in [-0.39, 0.29) is 11.9 Å². The van der Waals surface area contributed by atoms with E-state index in [2.05, 4.69) is 31.1 Å². The SMILES string of the molecule is CCCCCC(C)C(Nc1ccc(C(=O)N(C)CCC=O)cc1)c1oc2cccnc2c1C. The second kappa shape index (κ2) is 11.6. The minimum Gasteiger partial charge on any atom is -0.457 e. The molecule has 0 aliphatic heterocycles. The van der Waals surface area contributed by atoms with Crippen LogP contribution in [0.5, 0.6) is 0 Å². The Morgan fingerprint density at radius 1 is 1.21 bits per heavy atom. The van der Waals surface area contributed by atoms with E-state index in [1.54, 1.807) is 18.1 Å². The van der Waals surface area contributed by atoms with E-state index in [4.69, 9.17) is 4.42 Å². The van der Waals surface area contributed by atoms with Crippen molar-refractivity contribution in [2.75, 3.05) is 18.9 Å². The number of nitrogens with one attached hydrogen (secondary N) is 1. The molecular weight excluding hydrogens is 414 g/mol. The molecule has 6 nitrogen and oxygen atoms in total. The second-order valence-electron chi connectivity index (χ2n) is 8.80. The molecule has 0 bridgehead atoms. The summed E-state index contributed by atoms with van der Waals surface area (Å²) < 4.78 is 6.28. The molecule has 0 fully saturated rings. The van der Waals surface area contributed by atoms with Crippen molar-refractivity contribution in [1.29, 1.82) is 0 Å². The van der Waals surface area contributed by atoms with Gasteiger partial charge in [0.25, 0.3) is 5.91 Å². The molecule has 0 spiro atoms. The van der Waals surface area contributed by atoms with Crippen LogP contribution in [0.3, 0.4) is 0 Å². The highest BCUT2D eigenvalue weighted by Crippen LogP contribution is 2.36. The van der Waals surface area contributed by atoms with Gasteiger partial charge in [-0.25, -0.2) is 0 Å². The highest BCUT2D eigenvalue weighted by Gasteiger charge is 2.26. The predicted molar refractivity (Wildman–Crippen MR) is 132 cm³/mol. The number of furan rings is 1. The number of fused-ring (bicyclic) bond motifs is 1. The third-order valence-corrected chi connectivity index (χ3v) is 6.21. The fourth-order valence-corrected chi connectivity index (χ4v) is 4.17. The van der Waals surface area contributed by atoms with Crippen LogP contribution in [0.25, 0.3) is 11.1 Å². The molecule has 1 N–H and O–H groups in total. The molecule has 33 heavy (non-hydrogen) atoms. The number of amides is 1. The molecule has 3 rings (SSSR count). The second-order valence-corrected chi connectivity index (χ2v) is 8.80. The number of nitrogens with zero attached hydrogens (tertiary/aromatic N) is 2. The monoisotopic (exact) mass is 449 g/mol. The van der Waals surface area contributed by atoms with Crippen molar-refractivity contribution < 1.29 is 14.0 Å². The summed E-state index contributed by atoms with van der Waals surface area (Å²) in [5.74, 6) is 1.18. The summed E-state index contributed by atoms with van der Waals surface area (Å²) in [6, 6.07) is 11.4. The lowest BCUT2D eigenvalue weighted by Gasteiger charge is -2.25. The molecule has 1 amide bonds. The average Bonchev–Trinajstić information content (AvgIpc) is 3.17. The number of aryl methyl sites for hydroxylation is 1. The number of carbonyl (C=O) groups is 2. The van der Waals surface area contributed by atoms with Gasteiger partial charge in [-0.2, -0.15) is 0 Å². The van der Waals surface area contributed by atoms with Crippen molar-refractivity contribution >= 4 is 29.0 Å². The standard InChI is InChI=1S/C27H35N3O3/c1-5-6-7-10-19(2)24(26-20(3)25-23(33-26)11-8-16-28-25)29-22-14-12-21(13-15-22)27(32)30(4)17-9-18-31/h8,11-16,18-19,24,29H,5-7,9-10,17H2,1-4H3. The highest BCUT2D eigenvalue weighted by atomic mass is 16.3. The third-order valence-electron chi connectivity index (χ3n) is 6.21. The number of unbranched alkanes of at least 4 members (excludes halogenated alkanes) is 2. The summed E-state index contributed by atoms with van der Waals surface area (Å²) in [6.07, 6.45) is 7.63. The Bertz CT molecular complexity index is 1060. The maximum absolute atomic E-state index is 12.6. The van der Waals surface area contributed by atoms with Gasteiger partial charge in [-0.3, -0.25) is 9.78 Å². The smallest absolute Gasteiger partial charge is 0.253 e. The fourth-order valence-electron chi connectivity index (χ4n) is 4.17. The van der Waals surface area contributed by atoms with E-state index in [0.29, 0.717) is 24.4 Å². The third kappa shape index (κ3) is 6.01. The zero-order valence-corrected chi connectivity index (χ0v) is 20.1. The van der Waals surface area contributed by atoms with Crippen molar-refractivity contribution in [3.63, 3.8) is 0 Å². The minimum absolute atomic E-state index is 0.00660. The molecule has 0 radical (unpaired) electrons. The summed E-state index contributed by atoms with van der Waals surface area (Å²) in [4.78, 5) is 29.2. The van der Waals surface area contributed by atoms with Gasteiger partial charge in [-0.15, -0.1) is 0 Å². The number of pyridine rings is 1. The number of hydrogen-bond acceptors (Lipinski definition) is 5. The first-order chi connectivity index (χ1) is 16.0. The summed E-state index contributed by atoms with van der Waals surface area (Å²) >= 11 is 0. The van der Waals surface area contributed by atoms with Crippen LogP contribution < -0.4 is 5.32 Å². The topological polar surface area (TPSA) is 75.4 Å². The molecule has 176 valence electrons. The lowest BCUT2D eigenvalue weighted by atomic mass is 9.91. The number of carbonyl (C=O) groups excluding carboxylic acids is 2. The quantitative estimate of drug-likeness (QED) is 0.264. The highest BCUT2D eigenvalue weighted by molar-refractivity contribution is 5.94. The molecule has 2 atom stereocenters. The summed E-state index contributed by atoms with van der Waals surface area (Å²) in [7, 11) is 1.71. The fraction of sp³-hybridized carbons (Fsp3) is 0.444. The molecule has 1 aromatic carbocycles. The van der Waals surface area contributed by atoms with Crippen LogP contribution in [0, 0.1) is 12.8 Å². The van der Waals surface area contributed by atoms with E-state index in [9.17, 15) is 9.59 Å². The van der Waals surface area contributed by atoms with E-state index in [1.807, 2.05) is 36.4 Å². The van der Waals surface area contributed by atoms with Gasteiger partial charge in [0.15, 0.2) is 5.58 Å². The van der Waals surface area contributed by atoms with Crippen molar-refractivity contribution in [3.8, 4) is 0 Å². The van der Waals surface area contributed by atoms with Gasteiger partial charge in [0.1, 0.15) is 17.6 Å². The lowest BCUT2D eigenvalue weighted by Crippen LogP contribution is -2.27. The van der Waals surface area contributed by atoms with E-state index < -0.39 is 0 Å². The Labute approximate surface area is 196 Å². The Kier molecular flexibility index (Phi) is 8.64. The van der Waals surface area contributed by atoms with Crippen molar-refractivity contribution in [3.05, 3.63) is 59.5 Å². The van der Waals surface area contributed by atoms with E-state index in [1.165, 1.54) is 19.3 Å². The average molecular weight is 450 g/mol. The molecule has 2 heterocycles. The first-order valence-electron chi connectivity index (χ1n) is 11.9. The molecule has 0 aliphatic carbocycles. The molecule has 2 aromatic heterocycles. The number of aromatic nitrogens is 1. The Morgan fingerprint density at radius 3 is 2.64 bits per heavy atom.